The van der Waals surface area contributed by atoms with Crippen molar-refractivity contribution in [2.45, 2.75) is 64.6 Å². The third-order valence-corrected chi connectivity index (χ3v) is 8.12. The highest BCUT2D eigenvalue weighted by Crippen LogP contribution is 2.30. The van der Waals surface area contributed by atoms with Crippen LogP contribution in [0.25, 0.3) is 0 Å². The number of nitrogens with one attached hydrogen (secondary N) is 1. The van der Waals surface area contributed by atoms with Gasteiger partial charge in [0.15, 0.2) is 22.5 Å². The number of anilines is 2. The standard InChI is InChI=1S/C28H40ClN7O3/c1-4-20-17-35(26-24(29)32-23(25(30)33-26)27(38)31-16-22(37)5-2)14-15-36(20)21-10-12-34(13-11-21)28(39)19-8-6-18(3)7-9-19/h6-9,20-22,37H,4-5,10-17H2,1-3H3,(H2,30,33)(H,31,38)/t20-,22?/m0/s1. The lowest BCUT2D eigenvalue weighted by Crippen LogP contribution is -2.58. The number of piperidine rings is 1. The molecular formula is C28H40ClN7O3. The van der Waals surface area contributed by atoms with Gasteiger partial charge in [-0.1, -0.05) is 43.1 Å². The molecule has 0 aliphatic carbocycles. The van der Waals surface area contributed by atoms with E-state index in [9.17, 15) is 14.7 Å². The second-order valence-corrected chi connectivity index (χ2v) is 10.8. The van der Waals surface area contributed by atoms with Gasteiger partial charge >= 0.3 is 0 Å². The molecule has 1 aromatic carbocycles. The lowest BCUT2D eigenvalue weighted by atomic mass is 9.97. The summed E-state index contributed by atoms with van der Waals surface area (Å²) in [5, 5.41) is 12.5. The Morgan fingerprint density at radius 2 is 1.82 bits per heavy atom. The van der Waals surface area contributed by atoms with E-state index in [2.05, 4.69) is 32.0 Å². The number of hydrogen-bond donors (Lipinski definition) is 3. The third-order valence-electron chi connectivity index (χ3n) is 7.87. The lowest BCUT2D eigenvalue weighted by molar-refractivity contribution is 0.0490. The van der Waals surface area contributed by atoms with Crippen molar-refractivity contribution in [1.29, 1.82) is 0 Å². The fraction of sp³-hybridized carbons (Fsp3) is 0.571. The Kier molecular flexibility index (Phi) is 9.63. The van der Waals surface area contributed by atoms with Crippen LogP contribution in [0.1, 0.15) is 65.9 Å². The van der Waals surface area contributed by atoms with Crippen LogP contribution in [0.3, 0.4) is 0 Å². The molecule has 0 spiro atoms. The van der Waals surface area contributed by atoms with Crippen LogP contribution in [0.5, 0.6) is 0 Å². The number of nitrogen functional groups attached to an aromatic ring is 1. The molecule has 2 atom stereocenters. The number of rotatable bonds is 8. The molecule has 0 saturated carbocycles. The number of aromatic nitrogens is 2. The number of nitrogens with two attached hydrogens (primary N) is 1. The highest BCUT2D eigenvalue weighted by Gasteiger charge is 2.35. The van der Waals surface area contributed by atoms with Gasteiger partial charge in [0, 0.05) is 56.9 Å². The fourth-order valence-corrected chi connectivity index (χ4v) is 5.66. The van der Waals surface area contributed by atoms with Gasteiger partial charge in [-0.25, -0.2) is 9.97 Å². The number of aryl methyl sites for hydroxylation is 1. The number of hydrogen-bond acceptors (Lipinski definition) is 8. The molecule has 2 saturated heterocycles. The number of carbonyl (C=O) groups is 2. The van der Waals surface area contributed by atoms with Gasteiger partial charge in [0.05, 0.1) is 6.10 Å². The molecule has 0 bridgehead atoms. The minimum absolute atomic E-state index is 0.0129. The number of aliphatic hydroxyl groups is 1. The number of amides is 2. The Morgan fingerprint density at radius 3 is 2.46 bits per heavy atom. The SMILES string of the molecule is CCC(O)CNC(=O)c1nc(Cl)c(N2CCN(C3CCN(C(=O)c4ccc(C)cc4)CC3)[C@@H](CC)C2)nc1N. The number of benzene rings is 1. The maximum absolute atomic E-state index is 13.0. The molecule has 4 N–H and O–H groups in total. The van der Waals surface area contributed by atoms with Gasteiger partial charge in [-0.15, -0.1) is 0 Å². The van der Waals surface area contributed by atoms with Crippen molar-refractivity contribution < 1.29 is 14.7 Å². The summed E-state index contributed by atoms with van der Waals surface area (Å²) in [6.45, 7) is 9.91. The van der Waals surface area contributed by atoms with E-state index in [1.165, 1.54) is 0 Å². The smallest absolute Gasteiger partial charge is 0.273 e. The van der Waals surface area contributed by atoms with Gasteiger partial charge in [-0.3, -0.25) is 14.5 Å². The number of halogens is 1. The summed E-state index contributed by atoms with van der Waals surface area (Å²) >= 11 is 6.50. The number of aliphatic hydroxyl groups excluding tert-OH is 1. The topological polar surface area (TPSA) is 128 Å². The van der Waals surface area contributed by atoms with E-state index in [1.54, 1.807) is 0 Å². The Labute approximate surface area is 235 Å². The number of nitrogens with zero attached hydrogens (tertiary/aromatic N) is 5. The zero-order valence-corrected chi connectivity index (χ0v) is 23.8. The van der Waals surface area contributed by atoms with Crippen LogP contribution in [0.2, 0.25) is 5.15 Å². The molecule has 2 aliphatic heterocycles. The Morgan fingerprint density at radius 1 is 1.13 bits per heavy atom. The first-order valence-electron chi connectivity index (χ1n) is 13.9. The largest absolute Gasteiger partial charge is 0.391 e. The molecule has 2 aliphatic rings. The Balaban J connectivity index is 1.36. The Bertz CT molecular complexity index is 1150. The molecule has 2 aromatic rings. The molecule has 39 heavy (non-hydrogen) atoms. The van der Waals surface area contributed by atoms with Gasteiger partial charge in [0.1, 0.15) is 0 Å². The highest BCUT2D eigenvalue weighted by molar-refractivity contribution is 6.32. The second kappa shape index (κ2) is 12.9. The quantitative estimate of drug-likeness (QED) is 0.452. The number of piperazine rings is 1. The van der Waals surface area contributed by atoms with Gasteiger partial charge < -0.3 is 26.0 Å². The van der Waals surface area contributed by atoms with E-state index < -0.39 is 12.0 Å². The summed E-state index contributed by atoms with van der Waals surface area (Å²) in [4.78, 5) is 40.8. The van der Waals surface area contributed by atoms with E-state index in [4.69, 9.17) is 17.3 Å². The first kappa shape index (κ1) is 29.0. The fourth-order valence-electron chi connectivity index (χ4n) is 5.41. The van der Waals surface area contributed by atoms with Crippen LogP contribution in [-0.4, -0.2) is 94.1 Å². The summed E-state index contributed by atoms with van der Waals surface area (Å²) < 4.78 is 0. The van der Waals surface area contributed by atoms with Crippen LogP contribution in [0.4, 0.5) is 11.6 Å². The van der Waals surface area contributed by atoms with Crippen molar-refractivity contribution in [3.63, 3.8) is 0 Å². The second-order valence-electron chi connectivity index (χ2n) is 10.5. The molecule has 2 amide bonds. The van der Waals surface area contributed by atoms with Gasteiger partial charge in [-0.2, -0.15) is 0 Å². The highest BCUT2D eigenvalue weighted by atomic mass is 35.5. The number of likely N-dealkylation sites (tertiary alicyclic amines) is 1. The van der Waals surface area contributed by atoms with Crippen LogP contribution in [-0.2, 0) is 0 Å². The number of carbonyl (C=O) groups excluding carboxylic acids is 2. The zero-order chi connectivity index (χ0) is 28.1. The molecule has 1 unspecified atom stereocenters. The van der Waals surface area contributed by atoms with Crippen LogP contribution >= 0.6 is 11.6 Å². The minimum Gasteiger partial charge on any atom is -0.391 e. The molecule has 4 rings (SSSR count). The maximum atomic E-state index is 13.0. The summed E-state index contributed by atoms with van der Waals surface area (Å²) in [5.74, 6) is 0.0918. The molecule has 2 fully saturated rings. The van der Waals surface area contributed by atoms with E-state index >= 15 is 0 Å². The third kappa shape index (κ3) is 6.80. The van der Waals surface area contributed by atoms with Crippen LogP contribution in [0, 0.1) is 6.92 Å². The van der Waals surface area contributed by atoms with Crippen molar-refractivity contribution in [2.24, 2.45) is 0 Å². The summed E-state index contributed by atoms with van der Waals surface area (Å²) in [7, 11) is 0. The molecule has 1 aromatic heterocycles. The zero-order valence-electron chi connectivity index (χ0n) is 23.1. The normalized spacial score (nSPS) is 19.7. The molecule has 11 heteroatoms. The first-order valence-corrected chi connectivity index (χ1v) is 14.2. The van der Waals surface area contributed by atoms with Gasteiger partial charge in [0.2, 0.25) is 0 Å². The van der Waals surface area contributed by atoms with E-state index in [-0.39, 0.29) is 29.1 Å². The molecule has 0 radical (unpaired) electrons. The molecular weight excluding hydrogens is 518 g/mol. The first-order chi connectivity index (χ1) is 18.7. The van der Waals surface area contributed by atoms with Crippen molar-refractivity contribution >= 4 is 35.1 Å². The van der Waals surface area contributed by atoms with Crippen molar-refractivity contribution in [3.05, 3.63) is 46.2 Å². The van der Waals surface area contributed by atoms with Crippen molar-refractivity contribution in [3.8, 4) is 0 Å². The van der Waals surface area contributed by atoms with Crippen molar-refractivity contribution in [1.82, 2.24) is 25.1 Å². The Hall–Kier alpha value is -2.95. The lowest BCUT2D eigenvalue weighted by Gasteiger charge is -2.47. The monoisotopic (exact) mass is 557 g/mol. The van der Waals surface area contributed by atoms with E-state index in [1.807, 2.05) is 43.0 Å². The van der Waals surface area contributed by atoms with Crippen molar-refractivity contribution in [2.75, 3.05) is 49.9 Å². The van der Waals surface area contributed by atoms with Crippen LogP contribution < -0.4 is 16.0 Å². The molecule has 3 heterocycles. The van der Waals surface area contributed by atoms with Gasteiger partial charge in [0.25, 0.3) is 11.8 Å². The predicted octanol–water partition coefficient (Wildman–Crippen LogP) is 2.73. The minimum atomic E-state index is -0.638. The average Bonchev–Trinajstić information content (AvgIpc) is 2.96. The molecule has 10 nitrogen and oxygen atoms in total. The van der Waals surface area contributed by atoms with E-state index in [0.29, 0.717) is 30.9 Å². The van der Waals surface area contributed by atoms with Gasteiger partial charge in [-0.05, 0) is 44.7 Å². The summed E-state index contributed by atoms with van der Waals surface area (Å²) in [6, 6.07) is 8.49. The average molecular weight is 558 g/mol. The van der Waals surface area contributed by atoms with Crippen LogP contribution in [0.15, 0.2) is 24.3 Å². The summed E-state index contributed by atoms with van der Waals surface area (Å²) in [5.41, 5.74) is 7.97. The maximum Gasteiger partial charge on any atom is 0.273 e. The summed E-state index contributed by atoms with van der Waals surface area (Å²) in [6.07, 6.45) is 2.73. The predicted molar refractivity (Wildman–Crippen MR) is 153 cm³/mol. The molecule has 212 valence electrons. The van der Waals surface area contributed by atoms with E-state index in [0.717, 1.165) is 56.6 Å².